The van der Waals surface area contributed by atoms with Gasteiger partial charge in [-0.3, -0.25) is 9.59 Å². The third kappa shape index (κ3) is 3.91. The maximum absolute atomic E-state index is 13.0. The van der Waals surface area contributed by atoms with Gasteiger partial charge in [-0.2, -0.15) is 0 Å². The molecule has 6 rings (SSSR count). The summed E-state index contributed by atoms with van der Waals surface area (Å²) < 4.78 is 6.70. The van der Waals surface area contributed by atoms with Gasteiger partial charge in [0.05, 0.1) is 5.41 Å². The molecule has 10 atom stereocenters. The highest BCUT2D eigenvalue weighted by atomic mass is 16.5. The van der Waals surface area contributed by atoms with Gasteiger partial charge in [0, 0.05) is 11.0 Å². The molecule has 0 radical (unpaired) electrons. The van der Waals surface area contributed by atoms with Gasteiger partial charge in [-0.25, -0.2) is 0 Å². The highest BCUT2D eigenvalue weighted by molar-refractivity contribution is 5.94. The Bertz CT molecular complexity index is 1290. The van der Waals surface area contributed by atoms with E-state index in [1.807, 2.05) is 24.3 Å². The van der Waals surface area contributed by atoms with Crippen molar-refractivity contribution in [1.82, 2.24) is 0 Å². The van der Waals surface area contributed by atoms with Gasteiger partial charge in [-0.05, 0) is 135 Å². The second-order valence-corrected chi connectivity index (χ2v) is 16.7. The summed E-state index contributed by atoms with van der Waals surface area (Å²) in [7, 11) is 0. The van der Waals surface area contributed by atoms with Crippen LogP contribution in [0, 0.1) is 56.7 Å². The van der Waals surface area contributed by atoms with Crippen LogP contribution in [-0.4, -0.2) is 23.0 Å². The third-order valence-electron chi connectivity index (χ3n) is 14.9. The molecule has 5 aliphatic carbocycles. The van der Waals surface area contributed by atoms with Gasteiger partial charge in [0.15, 0.2) is 5.78 Å². The van der Waals surface area contributed by atoms with Crippen LogP contribution >= 0.6 is 0 Å². The van der Waals surface area contributed by atoms with Crippen LogP contribution in [0.5, 0.6) is 5.75 Å². The number of carbonyl (C=O) groups is 2. The molecule has 1 N–H and O–H groups in total. The molecule has 5 aliphatic rings. The monoisotopic (exact) mass is 574 g/mol. The molecule has 230 valence electrons. The number of fused-ring (bicyclic) bond motifs is 7. The number of carboxylic acids is 1. The number of Topliss-reactive ketones (excluding diaryl/α,β-unsaturated/α-hetero) is 1. The van der Waals surface area contributed by atoms with Crippen LogP contribution in [0.1, 0.15) is 124 Å². The smallest absolute Gasteiger partial charge is 0.310 e. The van der Waals surface area contributed by atoms with Crippen LogP contribution in [0.2, 0.25) is 0 Å². The minimum absolute atomic E-state index is 0.0246. The number of ether oxygens (including phenoxy) is 1. The lowest BCUT2D eigenvalue weighted by Crippen LogP contribution is -2.65. The summed E-state index contributed by atoms with van der Waals surface area (Å²) in [5.74, 6) is 2.68. The zero-order valence-electron chi connectivity index (χ0n) is 27.4. The molecule has 0 bridgehead atoms. The van der Waals surface area contributed by atoms with Gasteiger partial charge in [0.25, 0.3) is 0 Å². The van der Waals surface area contributed by atoms with Gasteiger partial charge in [0.2, 0.25) is 0 Å². The van der Waals surface area contributed by atoms with Gasteiger partial charge in [-0.1, -0.05) is 60.1 Å². The van der Waals surface area contributed by atoms with Crippen molar-refractivity contribution < 1.29 is 19.4 Å². The Balaban J connectivity index is 1.32. The number of allylic oxidation sites excluding steroid dienone is 2. The normalized spacial score (nSPS) is 45.8. The number of aliphatic carboxylic acids is 1. The van der Waals surface area contributed by atoms with Crippen molar-refractivity contribution in [2.45, 2.75) is 119 Å². The summed E-state index contributed by atoms with van der Waals surface area (Å²) in [5, 5.41) is 10.7. The van der Waals surface area contributed by atoms with Crippen LogP contribution in [0.15, 0.2) is 35.9 Å². The molecule has 1 aromatic rings. The number of rotatable bonds is 4. The fourth-order valence-electron chi connectivity index (χ4n) is 12.0. The Labute approximate surface area is 254 Å². The first-order chi connectivity index (χ1) is 19.6. The van der Waals surface area contributed by atoms with Crippen LogP contribution in [0.4, 0.5) is 0 Å². The lowest BCUT2D eigenvalue weighted by Gasteiger charge is -2.71. The van der Waals surface area contributed by atoms with E-state index in [1.54, 1.807) is 6.92 Å². The second-order valence-electron chi connectivity index (χ2n) is 16.7. The standard InChI is InChI=1S/C38H54O4/c1-23-15-20-38(33(40)41)22-21-36(7)28(32(38)24(23)2)13-14-30-35(6)18-17-31(34(4,5)29(35)16-19-37(30,36)8)42-27-11-9-26(10-12-27)25(3)39/h9-13,23-24,29-32H,14-22H2,1-8H3,(H,40,41)/t23-,24+,29+,30-,31-,32+,35+,36-,37-,38+/m1/s1. The van der Waals surface area contributed by atoms with E-state index >= 15 is 0 Å². The topological polar surface area (TPSA) is 63.6 Å². The lowest BCUT2D eigenvalue weighted by atomic mass is 9.33. The molecule has 4 heteroatoms. The predicted octanol–water partition coefficient (Wildman–Crippen LogP) is 9.38. The zero-order valence-corrected chi connectivity index (χ0v) is 27.4. The SMILES string of the molecule is CC(=O)c1ccc(O[C@@H]2CC[C@]3(C)[C@H]4CC=C5[C@@H]6[C@@H](C)[C@H](C)CC[C@]6(C(=O)O)CC[C@@]5(C)[C@]4(C)CC[C@H]3C2(C)C)cc1. The van der Waals surface area contributed by atoms with E-state index in [0.29, 0.717) is 23.7 Å². The van der Waals surface area contributed by atoms with Crippen LogP contribution in [0.25, 0.3) is 0 Å². The van der Waals surface area contributed by atoms with Crippen LogP contribution < -0.4 is 4.74 Å². The minimum Gasteiger partial charge on any atom is -0.490 e. The summed E-state index contributed by atoms with van der Waals surface area (Å²) in [6.45, 7) is 18.9. The molecule has 4 fully saturated rings. The molecule has 0 amide bonds. The number of ketones is 1. The summed E-state index contributed by atoms with van der Waals surface area (Å²) in [6.07, 6.45) is 12.1. The number of carbonyl (C=O) groups excluding carboxylic acids is 1. The molecule has 4 nitrogen and oxygen atoms in total. The fourth-order valence-corrected chi connectivity index (χ4v) is 12.0. The largest absolute Gasteiger partial charge is 0.490 e. The Morgan fingerprint density at radius 2 is 1.55 bits per heavy atom. The van der Waals surface area contributed by atoms with Crippen molar-refractivity contribution in [3.63, 3.8) is 0 Å². The van der Waals surface area contributed by atoms with Gasteiger partial charge >= 0.3 is 5.97 Å². The fraction of sp³-hybridized carbons (Fsp3) is 0.737. The Morgan fingerprint density at radius 3 is 2.19 bits per heavy atom. The molecular weight excluding hydrogens is 520 g/mol. The highest BCUT2D eigenvalue weighted by Gasteiger charge is 2.69. The van der Waals surface area contributed by atoms with Crippen LogP contribution in [-0.2, 0) is 4.79 Å². The molecule has 1 aromatic carbocycles. The first kappa shape index (κ1) is 29.9. The van der Waals surface area contributed by atoms with E-state index in [-0.39, 0.29) is 39.5 Å². The van der Waals surface area contributed by atoms with E-state index in [1.165, 1.54) is 18.4 Å². The molecule has 4 saturated carbocycles. The maximum atomic E-state index is 13.0. The van der Waals surface area contributed by atoms with Crippen molar-refractivity contribution >= 4 is 11.8 Å². The molecule has 0 saturated heterocycles. The average molecular weight is 575 g/mol. The molecule has 0 unspecified atom stereocenters. The summed E-state index contributed by atoms with van der Waals surface area (Å²) in [6, 6.07) is 7.68. The first-order valence-electron chi connectivity index (χ1n) is 16.8. The highest BCUT2D eigenvalue weighted by Crippen LogP contribution is 2.75. The number of carboxylic acid groups (broad SMARTS) is 1. The van der Waals surface area contributed by atoms with E-state index in [2.05, 4.69) is 54.5 Å². The molecule has 0 aromatic heterocycles. The molecule has 42 heavy (non-hydrogen) atoms. The van der Waals surface area contributed by atoms with E-state index in [0.717, 1.165) is 56.3 Å². The Morgan fingerprint density at radius 1 is 0.857 bits per heavy atom. The Kier molecular flexibility index (Phi) is 6.92. The first-order valence-corrected chi connectivity index (χ1v) is 16.8. The number of hydrogen-bond acceptors (Lipinski definition) is 3. The second kappa shape index (κ2) is 9.70. The predicted molar refractivity (Wildman–Crippen MR) is 167 cm³/mol. The van der Waals surface area contributed by atoms with Gasteiger partial charge < -0.3 is 9.84 Å². The summed E-state index contributed by atoms with van der Waals surface area (Å²) in [4.78, 5) is 24.7. The molecule has 0 aliphatic heterocycles. The van der Waals surface area contributed by atoms with E-state index in [9.17, 15) is 14.7 Å². The lowest BCUT2D eigenvalue weighted by molar-refractivity contribution is -0.203. The van der Waals surface area contributed by atoms with E-state index in [4.69, 9.17) is 4.74 Å². The van der Waals surface area contributed by atoms with E-state index < -0.39 is 11.4 Å². The zero-order chi connectivity index (χ0) is 30.5. The van der Waals surface area contributed by atoms with Crippen molar-refractivity contribution in [2.75, 3.05) is 0 Å². The Hall–Kier alpha value is -2.10. The number of benzene rings is 1. The summed E-state index contributed by atoms with van der Waals surface area (Å²) in [5.41, 5.74) is 2.11. The quantitative estimate of drug-likeness (QED) is 0.287. The third-order valence-corrected chi connectivity index (χ3v) is 14.9. The molecular formula is C38H54O4. The van der Waals surface area contributed by atoms with Gasteiger partial charge in [-0.15, -0.1) is 0 Å². The number of hydrogen-bond donors (Lipinski definition) is 1. The van der Waals surface area contributed by atoms with Crippen molar-refractivity contribution in [3.05, 3.63) is 41.5 Å². The maximum Gasteiger partial charge on any atom is 0.310 e. The summed E-state index contributed by atoms with van der Waals surface area (Å²) >= 11 is 0. The van der Waals surface area contributed by atoms with Gasteiger partial charge in [0.1, 0.15) is 11.9 Å². The van der Waals surface area contributed by atoms with Crippen molar-refractivity contribution in [1.29, 1.82) is 0 Å². The van der Waals surface area contributed by atoms with Crippen molar-refractivity contribution in [2.24, 2.45) is 56.7 Å². The minimum atomic E-state index is -0.582. The van der Waals surface area contributed by atoms with Crippen molar-refractivity contribution in [3.8, 4) is 5.75 Å². The average Bonchev–Trinajstić information content (AvgIpc) is 2.93. The molecule has 0 heterocycles. The van der Waals surface area contributed by atoms with Crippen LogP contribution in [0.3, 0.4) is 0 Å². The molecule has 0 spiro atoms.